The van der Waals surface area contributed by atoms with Crippen molar-refractivity contribution < 1.29 is 19.7 Å². The van der Waals surface area contributed by atoms with Gasteiger partial charge in [0, 0.05) is 13.0 Å². The number of halogens is 1. The molecule has 0 amide bonds. The van der Waals surface area contributed by atoms with Gasteiger partial charge in [0.05, 0.1) is 4.47 Å². The van der Waals surface area contributed by atoms with Crippen LogP contribution in [-0.4, -0.2) is 16.2 Å². The van der Waals surface area contributed by atoms with E-state index in [2.05, 4.69) is 15.9 Å². The first kappa shape index (κ1) is 9.85. The summed E-state index contributed by atoms with van der Waals surface area (Å²) in [6.07, 6.45) is 0. The maximum Gasteiger partial charge on any atom is 0.308 e. The third kappa shape index (κ3) is 2.35. The molecular weight excluding hydrogens is 240 g/mol. The minimum Gasteiger partial charge on any atom is -0.504 e. The highest BCUT2D eigenvalue weighted by molar-refractivity contribution is 9.10. The smallest absolute Gasteiger partial charge is 0.308 e. The van der Waals surface area contributed by atoms with Crippen LogP contribution in [0.2, 0.25) is 0 Å². The second-order valence-electron chi connectivity index (χ2n) is 2.37. The number of hydrogen-bond acceptors (Lipinski definition) is 4. The van der Waals surface area contributed by atoms with E-state index in [0.717, 1.165) is 6.07 Å². The molecule has 0 aliphatic carbocycles. The topological polar surface area (TPSA) is 66.8 Å². The SMILES string of the molecule is CC(=O)Oc1cc(O)c(O)c(Br)c1. The van der Waals surface area contributed by atoms with Crippen LogP contribution in [0.3, 0.4) is 0 Å². The van der Waals surface area contributed by atoms with Gasteiger partial charge in [-0.05, 0) is 22.0 Å². The zero-order valence-electron chi connectivity index (χ0n) is 6.74. The molecule has 0 aromatic heterocycles. The van der Waals surface area contributed by atoms with E-state index in [1.165, 1.54) is 13.0 Å². The van der Waals surface area contributed by atoms with Crippen molar-refractivity contribution in [2.24, 2.45) is 0 Å². The number of esters is 1. The zero-order chi connectivity index (χ0) is 10.0. The summed E-state index contributed by atoms with van der Waals surface area (Å²) in [6.45, 7) is 1.25. The van der Waals surface area contributed by atoms with Crippen LogP contribution < -0.4 is 4.74 Å². The first-order valence-electron chi connectivity index (χ1n) is 3.40. The Bertz CT molecular complexity index is 325. The summed E-state index contributed by atoms with van der Waals surface area (Å²) in [5.41, 5.74) is 0. The number of hydrogen-bond donors (Lipinski definition) is 2. The van der Waals surface area contributed by atoms with Gasteiger partial charge < -0.3 is 14.9 Å². The van der Waals surface area contributed by atoms with Gasteiger partial charge in [-0.25, -0.2) is 0 Å². The molecule has 5 heteroatoms. The molecule has 0 bridgehead atoms. The highest BCUT2D eigenvalue weighted by Crippen LogP contribution is 2.37. The van der Waals surface area contributed by atoms with Gasteiger partial charge in [0.2, 0.25) is 0 Å². The Labute approximate surface area is 82.9 Å². The second kappa shape index (κ2) is 3.66. The number of ether oxygens (including phenoxy) is 1. The van der Waals surface area contributed by atoms with Gasteiger partial charge in [-0.3, -0.25) is 4.79 Å². The van der Waals surface area contributed by atoms with Crippen molar-refractivity contribution in [2.45, 2.75) is 6.92 Å². The molecule has 4 nitrogen and oxygen atoms in total. The molecule has 0 spiro atoms. The lowest BCUT2D eigenvalue weighted by Gasteiger charge is -2.04. The van der Waals surface area contributed by atoms with Gasteiger partial charge in [-0.1, -0.05) is 0 Å². The average molecular weight is 247 g/mol. The lowest BCUT2D eigenvalue weighted by atomic mass is 10.3. The number of benzene rings is 1. The molecule has 0 atom stereocenters. The fourth-order valence-electron chi connectivity index (χ4n) is 0.785. The van der Waals surface area contributed by atoms with Crippen molar-refractivity contribution in [2.75, 3.05) is 0 Å². The lowest BCUT2D eigenvalue weighted by Crippen LogP contribution is -2.00. The molecule has 0 aliphatic rings. The number of phenolic OH excluding ortho intramolecular Hbond substituents is 2. The van der Waals surface area contributed by atoms with Crippen LogP contribution in [0.1, 0.15) is 6.92 Å². The average Bonchev–Trinajstić information content (AvgIpc) is 1.98. The fourth-order valence-corrected chi connectivity index (χ4v) is 1.21. The van der Waals surface area contributed by atoms with E-state index in [1.807, 2.05) is 0 Å². The zero-order valence-corrected chi connectivity index (χ0v) is 8.33. The molecule has 0 heterocycles. The van der Waals surface area contributed by atoms with Crippen molar-refractivity contribution >= 4 is 21.9 Å². The molecule has 0 radical (unpaired) electrons. The molecule has 0 unspecified atom stereocenters. The molecule has 70 valence electrons. The molecule has 2 N–H and O–H groups in total. The standard InChI is InChI=1S/C8H7BrO4/c1-4(10)13-5-2-6(9)8(12)7(11)3-5/h2-3,11-12H,1H3. The van der Waals surface area contributed by atoms with Crippen LogP contribution in [-0.2, 0) is 4.79 Å². The number of rotatable bonds is 1. The van der Waals surface area contributed by atoms with Crippen molar-refractivity contribution in [3.63, 3.8) is 0 Å². The summed E-state index contributed by atoms with van der Waals surface area (Å²) in [5, 5.41) is 18.3. The number of aromatic hydroxyl groups is 2. The maximum absolute atomic E-state index is 10.5. The number of carbonyl (C=O) groups is 1. The summed E-state index contributed by atoms with van der Waals surface area (Å²) >= 11 is 2.99. The van der Waals surface area contributed by atoms with E-state index in [1.54, 1.807) is 0 Å². The second-order valence-corrected chi connectivity index (χ2v) is 3.22. The van der Waals surface area contributed by atoms with Crippen LogP contribution in [0, 0.1) is 0 Å². The van der Waals surface area contributed by atoms with Crippen molar-refractivity contribution in [3.05, 3.63) is 16.6 Å². The molecule has 0 saturated carbocycles. The van der Waals surface area contributed by atoms with E-state index in [9.17, 15) is 4.79 Å². The highest BCUT2D eigenvalue weighted by Gasteiger charge is 2.08. The maximum atomic E-state index is 10.5. The Morgan fingerprint density at radius 1 is 1.46 bits per heavy atom. The molecule has 0 saturated heterocycles. The predicted molar refractivity (Wildman–Crippen MR) is 48.8 cm³/mol. The van der Waals surface area contributed by atoms with Crippen LogP contribution in [0.15, 0.2) is 16.6 Å². The summed E-state index contributed by atoms with van der Waals surface area (Å²) in [6, 6.07) is 2.54. The Morgan fingerprint density at radius 2 is 2.08 bits per heavy atom. The van der Waals surface area contributed by atoms with Gasteiger partial charge in [0.1, 0.15) is 5.75 Å². The molecule has 1 rings (SSSR count). The molecule has 0 fully saturated rings. The Morgan fingerprint density at radius 3 is 2.54 bits per heavy atom. The third-order valence-corrected chi connectivity index (χ3v) is 1.88. The number of carbonyl (C=O) groups excluding carboxylic acids is 1. The van der Waals surface area contributed by atoms with Crippen molar-refractivity contribution in [1.82, 2.24) is 0 Å². The largest absolute Gasteiger partial charge is 0.504 e. The normalized spacial score (nSPS) is 9.69. The van der Waals surface area contributed by atoms with Gasteiger partial charge in [-0.2, -0.15) is 0 Å². The minimum absolute atomic E-state index is 0.176. The van der Waals surface area contributed by atoms with Crippen molar-refractivity contribution in [3.8, 4) is 17.2 Å². The van der Waals surface area contributed by atoms with E-state index in [0.29, 0.717) is 0 Å². The van der Waals surface area contributed by atoms with Gasteiger partial charge in [0.15, 0.2) is 11.5 Å². The summed E-state index contributed by atoms with van der Waals surface area (Å²) in [7, 11) is 0. The number of phenols is 2. The highest BCUT2D eigenvalue weighted by atomic mass is 79.9. The van der Waals surface area contributed by atoms with Crippen LogP contribution in [0.4, 0.5) is 0 Å². The molecular formula is C8H7BrO4. The van der Waals surface area contributed by atoms with E-state index in [4.69, 9.17) is 14.9 Å². The first-order valence-corrected chi connectivity index (χ1v) is 4.20. The van der Waals surface area contributed by atoms with E-state index in [-0.39, 0.29) is 21.7 Å². The molecule has 0 aliphatic heterocycles. The minimum atomic E-state index is -0.489. The summed E-state index contributed by atoms with van der Waals surface area (Å²) in [5.74, 6) is -0.937. The third-order valence-electron chi connectivity index (χ3n) is 1.28. The predicted octanol–water partition coefficient (Wildman–Crippen LogP) is 1.79. The monoisotopic (exact) mass is 246 g/mol. The quantitative estimate of drug-likeness (QED) is 0.451. The Balaban J connectivity index is 3.06. The lowest BCUT2D eigenvalue weighted by molar-refractivity contribution is -0.131. The molecule has 1 aromatic rings. The van der Waals surface area contributed by atoms with Gasteiger partial charge in [0.25, 0.3) is 0 Å². The van der Waals surface area contributed by atoms with Crippen molar-refractivity contribution in [1.29, 1.82) is 0 Å². The first-order chi connectivity index (χ1) is 6.00. The Hall–Kier alpha value is -1.23. The van der Waals surface area contributed by atoms with E-state index >= 15 is 0 Å². The van der Waals surface area contributed by atoms with Crippen LogP contribution in [0.25, 0.3) is 0 Å². The van der Waals surface area contributed by atoms with Crippen LogP contribution >= 0.6 is 15.9 Å². The molecule has 13 heavy (non-hydrogen) atoms. The fraction of sp³-hybridized carbons (Fsp3) is 0.125. The van der Waals surface area contributed by atoms with E-state index < -0.39 is 5.97 Å². The van der Waals surface area contributed by atoms with Gasteiger partial charge in [-0.15, -0.1) is 0 Å². The summed E-state index contributed by atoms with van der Waals surface area (Å²) < 4.78 is 4.96. The summed E-state index contributed by atoms with van der Waals surface area (Å²) in [4.78, 5) is 10.5. The molecule has 1 aromatic carbocycles. The Kier molecular flexibility index (Phi) is 2.77. The van der Waals surface area contributed by atoms with Gasteiger partial charge >= 0.3 is 5.97 Å². The van der Waals surface area contributed by atoms with Crippen LogP contribution in [0.5, 0.6) is 17.2 Å².